The first-order valence-electron chi connectivity index (χ1n) is 9.47. The summed E-state index contributed by atoms with van der Waals surface area (Å²) in [5.41, 5.74) is 0. The lowest BCUT2D eigenvalue weighted by Crippen LogP contribution is -2.24. The number of aliphatic hydroxyl groups is 1. The van der Waals surface area contributed by atoms with Crippen molar-refractivity contribution in [2.45, 2.75) is 63.7 Å². The monoisotopic (exact) mass is 345 g/mol. The van der Waals surface area contributed by atoms with Crippen LogP contribution in [0.3, 0.4) is 0 Å². The highest BCUT2D eigenvalue weighted by Gasteiger charge is 2.36. The summed E-state index contributed by atoms with van der Waals surface area (Å²) in [4.78, 5) is 10.5. The molecular formula is C20H30BO4. The summed E-state index contributed by atoms with van der Waals surface area (Å²) >= 11 is 0. The Morgan fingerprint density at radius 3 is 2.76 bits per heavy atom. The van der Waals surface area contributed by atoms with Gasteiger partial charge in [-0.05, 0) is 24.5 Å². The molecule has 0 bridgehead atoms. The first-order chi connectivity index (χ1) is 12.1. The van der Waals surface area contributed by atoms with Gasteiger partial charge in [-0.3, -0.25) is 4.79 Å². The van der Waals surface area contributed by atoms with Gasteiger partial charge < -0.3 is 14.9 Å². The third-order valence-corrected chi connectivity index (χ3v) is 5.17. The molecule has 0 unspecified atom stereocenters. The van der Waals surface area contributed by atoms with Crippen molar-refractivity contribution in [3.63, 3.8) is 0 Å². The highest BCUT2D eigenvalue weighted by molar-refractivity contribution is 6.39. The van der Waals surface area contributed by atoms with Gasteiger partial charge in [0, 0.05) is 12.3 Å². The summed E-state index contributed by atoms with van der Waals surface area (Å²) in [6, 6.07) is 9.76. The fraction of sp³-hybridized carbons (Fsp3) is 0.650. The number of carboxylic acids is 1. The van der Waals surface area contributed by atoms with E-state index in [1.165, 1.54) is 0 Å². The van der Waals surface area contributed by atoms with Crippen LogP contribution in [0, 0.1) is 11.8 Å². The molecule has 2 rings (SSSR count). The Hall–Kier alpha value is -1.49. The maximum atomic E-state index is 10.5. The maximum absolute atomic E-state index is 10.5. The van der Waals surface area contributed by atoms with E-state index in [2.05, 4.69) is 14.2 Å². The Morgan fingerprint density at radius 1 is 1.28 bits per heavy atom. The number of para-hydroxylation sites is 1. The lowest BCUT2D eigenvalue weighted by Gasteiger charge is -2.25. The van der Waals surface area contributed by atoms with Gasteiger partial charge >= 0.3 is 5.97 Å². The van der Waals surface area contributed by atoms with Crippen LogP contribution < -0.4 is 4.74 Å². The van der Waals surface area contributed by atoms with Gasteiger partial charge in [0.25, 0.3) is 0 Å². The SMILES string of the molecule is C[C@H](CCCCCC(=O)O)C[C@H]1[B]C[C@@H](O)[C@@H]1COc1ccccc1. The first kappa shape index (κ1) is 19.8. The first-order valence-corrected chi connectivity index (χ1v) is 9.47. The predicted molar refractivity (Wildman–Crippen MR) is 100 cm³/mol. The molecule has 1 aliphatic heterocycles. The average Bonchev–Trinajstić information content (AvgIpc) is 2.93. The van der Waals surface area contributed by atoms with Gasteiger partial charge in [-0.1, -0.05) is 62.9 Å². The van der Waals surface area contributed by atoms with Crippen LogP contribution in [-0.4, -0.2) is 36.2 Å². The molecule has 1 heterocycles. The maximum Gasteiger partial charge on any atom is 0.303 e. The van der Waals surface area contributed by atoms with Crippen molar-refractivity contribution in [1.29, 1.82) is 0 Å². The van der Waals surface area contributed by atoms with Gasteiger partial charge in [0.1, 0.15) is 13.0 Å². The average molecular weight is 345 g/mol. The second-order valence-corrected chi connectivity index (χ2v) is 7.32. The zero-order valence-corrected chi connectivity index (χ0v) is 15.1. The zero-order chi connectivity index (χ0) is 18.1. The summed E-state index contributed by atoms with van der Waals surface area (Å²) in [5, 5.41) is 18.9. The Kier molecular flexibility index (Phi) is 8.33. The summed E-state index contributed by atoms with van der Waals surface area (Å²) in [6.45, 7) is 2.81. The molecule has 0 amide bonds. The standard InChI is InChI=1S/C20H30BO4/c1-15(8-4-2-7-11-20(23)24)12-18-17(19(22)13-21-18)14-25-16-9-5-3-6-10-16/h3,5-6,9-10,15,17-19,22H,2,4,7-8,11-14H2,1H3,(H,23,24)/t15-,17-,18-,19-/m1/s1. The Balaban J connectivity index is 1.70. The van der Waals surface area contributed by atoms with E-state index < -0.39 is 5.97 Å². The molecule has 4 atom stereocenters. The van der Waals surface area contributed by atoms with Crippen molar-refractivity contribution in [1.82, 2.24) is 0 Å². The van der Waals surface area contributed by atoms with Crippen LogP contribution in [0.5, 0.6) is 5.75 Å². The van der Waals surface area contributed by atoms with E-state index in [0.717, 1.165) is 44.2 Å². The molecular weight excluding hydrogens is 315 g/mol. The number of aliphatic carboxylic acids is 1. The molecule has 1 aliphatic rings. The normalized spacial score (nSPS) is 23.8. The molecule has 137 valence electrons. The minimum Gasteiger partial charge on any atom is -0.493 e. The van der Waals surface area contributed by atoms with Crippen LogP contribution in [0.15, 0.2) is 30.3 Å². The van der Waals surface area contributed by atoms with Gasteiger partial charge in [-0.15, -0.1) is 0 Å². The quantitative estimate of drug-likeness (QED) is 0.469. The molecule has 0 saturated carbocycles. The summed E-state index contributed by atoms with van der Waals surface area (Å²) < 4.78 is 5.87. The molecule has 1 fully saturated rings. The van der Waals surface area contributed by atoms with Crippen molar-refractivity contribution in [2.24, 2.45) is 11.8 Å². The fourth-order valence-corrected chi connectivity index (χ4v) is 3.69. The van der Waals surface area contributed by atoms with Gasteiger partial charge in [-0.2, -0.15) is 0 Å². The van der Waals surface area contributed by atoms with E-state index in [-0.39, 0.29) is 18.4 Å². The largest absolute Gasteiger partial charge is 0.493 e. The van der Waals surface area contributed by atoms with Crippen molar-refractivity contribution < 1.29 is 19.7 Å². The smallest absolute Gasteiger partial charge is 0.303 e. The minimum absolute atomic E-state index is 0.162. The lowest BCUT2D eigenvalue weighted by molar-refractivity contribution is -0.137. The molecule has 5 heteroatoms. The Labute approximate surface area is 151 Å². The van der Waals surface area contributed by atoms with E-state index in [1.807, 2.05) is 30.3 Å². The van der Waals surface area contributed by atoms with E-state index in [9.17, 15) is 9.90 Å². The molecule has 2 N–H and O–H groups in total. The highest BCUT2D eigenvalue weighted by Crippen LogP contribution is 2.38. The van der Waals surface area contributed by atoms with E-state index in [4.69, 9.17) is 9.84 Å². The number of carbonyl (C=O) groups is 1. The summed E-state index contributed by atoms with van der Waals surface area (Å²) in [6.07, 6.45) is 5.73. The Bertz CT molecular complexity index is 508. The number of hydrogen-bond donors (Lipinski definition) is 2. The fourth-order valence-electron chi connectivity index (χ4n) is 3.69. The van der Waals surface area contributed by atoms with Crippen LogP contribution in [0.25, 0.3) is 0 Å². The van der Waals surface area contributed by atoms with E-state index in [1.54, 1.807) is 0 Å². The number of ether oxygens (including phenoxy) is 1. The van der Waals surface area contributed by atoms with Crippen LogP contribution in [0.2, 0.25) is 12.1 Å². The second-order valence-electron chi connectivity index (χ2n) is 7.32. The van der Waals surface area contributed by atoms with E-state index in [0.29, 0.717) is 18.3 Å². The van der Waals surface area contributed by atoms with Crippen molar-refractivity contribution in [3.8, 4) is 5.75 Å². The molecule has 1 radical (unpaired) electrons. The molecule has 0 spiro atoms. The number of rotatable bonds is 11. The number of hydrogen-bond acceptors (Lipinski definition) is 3. The van der Waals surface area contributed by atoms with Gasteiger partial charge in [0.15, 0.2) is 0 Å². The van der Waals surface area contributed by atoms with Crippen LogP contribution in [-0.2, 0) is 4.79 Å². The van der Waals surface area contributed by atoms with Crippen LogP contribution in [0.1, 0.15) is 45.4 Å². The molecule has 1 saturated heterocycles. The Morgan fingerprint density at radius 2 is 2.04 bits per heavy atom. The van der Waals surface area contributed by atoms with E-state index >= 15 is 0 Å². The highest BCUT2D eigenvalue weighted by atomic mass is 16.5. The number of carboxylic acid groups (broad SMARTS) is 1. The lowest BCUT2D eigenvalue weighted by atomic mass is 9.62. The third-order valence-electron chi connectivity index (χ3n) is 5.17. The number of unbranched alkanes of at least 4 members (excludes halogenated alkanes) is 2. The molecule has 0 aliphatic carbocycles. The number of aliphatic hydroxyl groups excluding tert-OH is 1. The molecule has 4 nitrogen and oxygen atoms in total. The topological polar surface area (TPSA) is 66.8 Å². The second kappa shape index (κ2) is 10.5. The van der Waals surface area contributed by atoms with Crippen LogP contribution in [0.4, 0.5) is 0 Å². The van der Waals surface area contributed by atoms with Gasteiger partial charge in [-0.25, -0.2) is 0 Å². The number of benzene rings is 1. The molecule has 1 aromatic carbocycles. The summed E-state index contributed by atoms with van der Waals surface area (Å²) in [7, 11) is 2.25. The molecule has 0 aromatic heterocycles. The minimum atomic E-state index is -0.705. The van der Waals surface area contributed by atoms with Crippen molar-refractivity contribution >= 4 is 13.2 Å². The third kappa shape index (κ3) is 7.11. The molecule has 25 heavy (non-hydrogen) atoms. The predicted octanol–water partition coefficient (Wildman–Crippen LogP) is 4.03. The van der Waals surface area contributed by atoms with Crippen LogP contribution >= 0.6 is 0 Å². The molecule has 1 aromatic rings. The van der Waals surface area contributed by atoms with Gasteiger partial charge in [0.05, 0.1) is 12.7 Å². The van der Waals surface area contributed by atoms with Gasteiger partial charge in [0.2, 0.25) is 0 Å². The zero-order valence-electron chi connectivity index (χ0n) is 15.1. The summed E-state index contributed by atoms with van der Waals surface area (Å²) in [5.74, 6) is 1.29. The van der Waals surface area contributed by atoms with Crippen molar-refractivity contribution in [3.05, 3.63) is 30.3 Å². The van der Waals surface area contributed by atoms with Crippen molar-refractivity contribution in [2.75, 3.05) is 6.61 Å².